The number of fused-ring (bicyclic) bond motifs is 2. The van der Waals surface area contributed by atoms with E-state index in [9.17, 15) is 0 Å². The molecule has 3 atom stereocenters. The molecule has 7 heteroatoms. The first-order valence-electron chi connectivity index (χ1n) is 9.41. The zero-order valence-electron chi connectivity index (χ0n) is 16.2. The molecule has 0 aromatic carbocycles. The molecule has 1 saturated heterocycles. The van der Waals surface area contributed by atoms with Crippen LogP contribution in [0, 0.1) is 19.3 Å². The average molecular weight is 453 g/mol. The molecule has 0 amide bonds. The van der Waals surface area contributed by atoms with Gasteiger partial charge in [0.1, 0.15) is 0 Å². The summed E-state index contributed by atoms with van der Waals surface area (Å²) in [7, 11) is 8.14. The third-order valence-corrected chi connectivity index (χ3v) is 10.7. The molecule has 2 aliphatic carbocycles. The van der Waals surface area contributed by atoms with Crippen LogP contribution < -0.4 is 0 Å². The first-order valence-corrected chi connectivity index (χ1v) is 15.9. The predicted molar refractivity (Wildman–Crippen MR) is 114 cm³/mol. The van der Waals surface area contributed by atoms with Crippen LogP contribution in [0.25, 0.3) is 0 Å². The van der Waals surface area contributed by atoms with Gasteiger partial charge in [-0.05, 0) is 36.6 Å². The van der Waals surface area contributed by atoms with Crippen molar-refractivity contribution in [3.63, 3.8) is 0 Å². The molecule has 3 unspecified atom stereocenters. The summed E-state index contributed by atoms with van der Waals surface area (Å²) >= 11 is -0.181. The van der Waals surface area contributed by atoms with Crippen LogP contribution in [0.1, 0.15) is 25.7 Å². The van der Waals surface area contributed by atoms with Crippen LogP contribution in [0.3, 0.4) is 0 Å². The quantitative estimate of drug-likeness (QED) is 0.417. The van der Waals surface area contributed by atoms with Crippen molar-refractivity contribution < 1.29 is 13.4 Å². The van der Waals surface area contributed by atoms with Gasteiger partial charge in [0.2, 0.25) is 0 Å². The Hall–Kier alpha value is 0.0794. The Bertz CT molecular complexity index is 553. The second-order valence-electron chi connectivity index (χ2n) is 7.93. The van der Waals surface area contributed by atoms with Gasteiger partial charge in [-0.3, -0.25) is 4.99 Å². The van der Waals surface area contributed by atoms with Crippen molar-refractivity contribution in [2.45, 2.75) is 44.3 Å². The summed E-state index contributed by atoms with van der Waals surface area (Å²) < 4.78 is 2.79. The molecular weight excluding hydrogens is 421 g/mol. The fraction of sp³-hybridized carbons (Fsp3) is 0.684. The number of hydrogen-bond donors (Lipinski definition) is 0. The molecule has 26 heavy (non-hydrogen) atoms. The Kier molecular flexibility index (Phi) is 8.63. The van der Waals surface area contributed by atoms with Crippen molar-refractivity contribution in [3.05, 3.63) is 31.7 Å². The number of aliphatic imine (C=N–C) groups is 1. The first kappa shape index (κ1) is 22.4. The molecule has 0 spiro atoms. The van der Waals surface area contributed by atoms with Crippen LogP contribution in [-0.4, -0.2) is 49.8 Å². The molecule has 3 nitrogen and oxygen atoms in total. The van der Waals surface area contributed by atoms with Gasteiger partial charge in [0.25, 0.3) is 0 Å². The maximum atomic E-state index is 4.95. The minimum absolute atomic E-state index is 0. The molecule has 0 N–H and O–H groups in total. The molecule has 1 saturated carbocycles. The van der Waals surface area contributed by atoms with Gasteiger partial charge in [-0.15, -0.1) is 0 Å². The monoisotopic (exact) mass is 452 g/mol. The Morgan fingerprint density at radius 1 is 1.08 bits per heavy atom. The summed E-state index contributed by atoms with van der Waals surface area (Å²) in [5.41, 5.74) is 0.878. The minimum atomic E-state index is -1.51. The molecule has 0 bridgehead atoms. The van der Waals surface area contributed by atoms with Gasteiger partial charge < -0.3 is 16.9 Å². The Labute approximate surface area is 175 Å². The Balaban J connectivity index is 0.000000570. The second-order valence-corrected chi connectivity index (χ2v) is 14.6. The van der Waals surface area contributed by atoms with Crippen LogP contribution in [-0.2, 0) is 13.4 Å². The zero-order valence-corrected chi connectivity index (χ0v) is 20.0. The van der Waals surface area contributed by atoms with Crippen LogP contribution in [0.5, 0.6) is 0 Å². The van der Waals surface area contributed by atoms with Crippen LogP contribution in [0.2, 0.25) is 18.6 Å². The molecule has 2 heterocycles. The summed E-state index contributed by atoms with van der Waals surface area (Å²) in [6, 6.07) is 0. The average Bonchev–Trinajstić information content (AvgIpc) is 3.07. The number of halogens is 2. The second kappa shape index (κ2) is 10.0. The normalized spacial score (nSPS) is 29.8. The summed E-state index contributed by atoms with van der Waals surface area (Å²) in [6.07, 6.45) is 14.8. The molecule has 148 valence electrons. The van der Waals surface area contributed by atoms with E-state index in [4.69, 9.17) is 25.1 Å². The van der Waals surface area contributed by atoms with E-state index >= 15 is 0 Å². The van der Waals surface area contributed by atoms with Gasteiger partial charge in [-0.1, -0.05) is 43.8 Å². The van der Waals surface area contributed by atoms with Gasteiger partial charge >= 0.3 is 33.5 Å². The SMILES string of the molecule is C[Si](C)(C1CCC2C=CC=CC21)N1CCCN2CCCN=C21.[CH3-].[Cl][Cr][Cl]. The summed E-state index contributed by atoms with van der Waals surface area (Å²) in [6.45, 7) is 9.92. The molecule has 0 radical (unpaired) electrons. The molecule has 2 aliphatic heterocycles. The standard InChI is InChI=1S/C18H29N3Si.CH3.2ClH.Cr/c1-22(2,17-10-9-15-7-3-4-8-16(15)17)21-14-6-13-20-12-5-11-19-18(20)21;;;;/h3-4,7-8,15-17H,5-6,9-14H2,1-2H3;1H3;2*1H;/q;-1;;;+2/p-2. The predicted octanol–water partition coefficient (Wildman–Crippen LogP) is 5.31. The number of rotatable bonds is 2. The molecular formula is C19H32Cl2CrN3Si-. The van der Waals surface area contributed by atoms with E-state index in [1.165, 1.54) is 51.3 Å². The number of hydrogen-bond acceptors (Lipinski definition) is 3. The third kappa shape index (κ3) is 4.55. The van der Waals surface area contributed by atoms with Crippen molar-refractivity contribution in [2.24, 2.45) is 16.8 Å². The third-order valence-electron chi connectivity index (χ3n) is 6.35. The Morgan fingerprint density at radius 3 is 2.54 bits per heavy atom. The molecule has 0 aromatic rings. The van der Waals surface area contributed by atoms with Gasteiger partial charge in [-0.25, -0.2) is 0 Å². The van der Waals surface area contributed by atoms with E-state index in [0.717, 1.165) is 23.9 Å². The topological polar surface area (TPSA) is 18.8 Å². The van der Waals surface area contributed by atoms with Crippen molar-refractivity contribution in [3.8, 4) is 0 Å². The zero-order chi connectivity index (χ0) is 17.9. The molecule has 4 rings (SSSR count). The van der Waals surface area contributed by atoms with Crippen LogP contribution in [0.15, 0.2) is 29.3 Å². The van der Waals surface area contributed by atoms with E-state index in [-0.39, 0.29) is 20.8 Å². The van der Waals surface area contributed by atoms with Crippen molar-refractivity contribution in [1.82, 2.24) is 9.47 Å². The fourth-order valence-corrected chi connectivity index (χ4v) is 9.19. The molecule has 4 aliphatic rings. The Morgan fingerprint density at radius 2 is 1.77 bits per heavy atom. The first-order chi connectivity index (χ1) is 12.1. The van der Waals surface area contributed by atoms with Crippen LogP contribution >= 0.6 is 20.1 Å². The van der Waals surface area contributed by atoms with E-state index < -0.39 is 8.24 Å². The van der Waals surface area contributed by atoms with Crippen molar-refractivity contribution in [2.75, 3.05) is 26.2 Å². The fourth-order valence-electron chi connectivity index (χ4n) is 5.15. The molecule has 2 fully saturated rings. The van der Waals surface area contributed by atoms with Gasteiger partial charge in [0, 0.05) is 26.2 Å². The van der Waals surface area contributed by atoms with Crippen molar-refractivity contribution >= 4 is 34.3 Å². The van der Waals surface area contributed by atoms with E-state index in [1.54, 1.807) is 0 Å². The summed E-state index contributed by atoms with van der Waals surface area (Å²) in [5.74, 6) is 2.94. The van der Waals surface area contributed by atoms with Crippen LogP contribution in [0.4, 0.5) is 0 Å². The van der Waals surface area contributed by atoms with E-state index in [0.29, 0.717) is 0 Å². The number of guanidine groups is 1. The van der Waals surface area contributed by atoms with Gasteiger partial charge in [0.15, 0.2) is 14.2 Å². The number of nitrogens with zero attached hydrogens (tertiary/aromatic N) is 3. The maximum absolute atomic E-state index is 4.95. The number of allylic oxidation sites excluding steroid dienone is 4. The van der Waals surface area contributed by atoms with E-state index in [2.05, 4.69) is 46.9 Å². The molecule has 0 aromatic heterocycles. The summed E-state index contributed by atoms with van der Waals surface area (Å²) in [5, 5.41) is 0. The van der Waals surface area contributed by atoms with Gasteiger partial charge in [0.05, 0.1) is 0 Å². The summed E-state index contributed by atoms with van der Waals surface area (Å²) in [4.78, 5) is 7.51. The van der Waals surface area contributed by atoms with Gasteiger partial charge in [-0.2, -0.15) is 0 Å². The van der Waals surface area contributed by atoms with E-state index in [1.807, 2.05) is 0 Å². The van der Waals surface area contributed by atoms with Crippen molar-refractivity contribution in [1.29, 1.82) is 0 Å².